The Hall–Kier alpha value is -1.17. The van der Waals surface area contributed by atoms with Crippen LogP contribution in [0.15, 0.2) is 18.2 Å². The Bertz CT molecular complexity index is 471. The van der Waals surface area contributed by atoms with E-state index in [0.717, 1.165) is 13.1 Å². The number of benzene rings is 1. The second-order valence-corrected chi connectivity index (χ2v) is 5.50. The number of nitrogens with zero attached hydrogens (tertiary/aromatic N) is 2. The van der Waals surface area contributed by atoms with Crippen molar-refractivity contribution < 1.29 is 4.92 Å². The van der Waals surface area contributed by atoms with Crippen molar-refractivity contribution in [3.8, 4) is 0 Å². The summed E-state index contributed by atoms with van der Waals surface area (Å²) >= 11 is 5.96. The molecule has 0 amide bonds. The van der Waals surface area contributed by atoms with Crippen LogP contribution in [0.2, 0.25) is 5.02 Å². The standard InChI is InChI=1S/C13H18ClN3O2/c1-9-6-15-7-10(2)16(9)8-11-5-12(14)3-4-13(11)17(18)19/h3-5,9-10,15H,6-8H2,1-2H3. The minimum Gasteiger partial charge on any atom is -0.314 e. The van der Waals surface area contributed by atoms with Crippen LogP contribution in [0.4, 0.5) is 5.69 Å². The number of hydrogen-bond donors (Lipinski definition) is 1. The summed E-state index contributed by atoms with van der Waals surface area (Å²) in [7, 11) is 0. The fourth-order valence-corrected chi connectivity index (χ4v) is 2.73. The molecule has 1 aromatic rings. The second kappa shape index (κ2) is 5.86. The van der Waals surface area contributed by atoms with Gasteiger partial charge in [0.15, 0.2) is 0 Å². The van der Waals surface area contributed by atoms with Crippen molar-refractivity contribution in [2.45, 2.75) is 32.5 Å². The van der Waals surface area contributed by atoms with Gasteiger partial charge in [-0.25, -0.2) is 0 Å². The van der Waals surface area contributed by atoms with E-state index in [1.165, 1.54) is 6.07 Å². The Morgan fingerprint density at radius 3 is 2.63 bits per heavy atom. The van der Waals surface area contributed by atoms with Gasteiger partial charge in [-0.2, -0.15) is 0 Å². The van der Waals surface area contributed by atoms with Crippen LogP contribution in [0.25, 0.3) is 0 Å². The predicted octanol–water partition coefficient (Wildman–Crippen LogP) is 2.43. The van der Waals surface area contributed by atoms with E-state index < -0.39 is 0 Å². The van der Waals surface area contributed by atoms with Crippen LogP contribution in [0.1, 0.15) is 19.4 Å². The molecule has 1 aromatic carbocycles. The van der Waals surface area contributed by atoms with Gasteiger partial charge in [-0.3, -0.25) is 15.0 Å². The quantitative estimate of drug-likeness (QED) is 0.684. The molecule has 1 N–H and O–H groups in total. The molecule has 19 heavy (non-hydrogen) atoms. The molecule has 0 bridgehead atoms. The summed E-state index contributed by atoms with van der Waals surface area (Å²) in [5.41, 5.74) is 0.820. The lowest BCUT2D eigenvalue weighted by Crippen LogP contribution is -2.54. The first-order valence-electron chi connectivity index (χ1n) is 6.38. The number of piperazine rings is 1. The third-order valence-electron chi connectivity index (χ3n) is 3.60. The van der Waals surface area contributed by atoms with Gasteiger partial charge in [0.1, 0.15) is 0 Å². The van der Waals surface area contributed by atoms with E-state index in [9.17, 15) is 10.1 Å². The minimum absolute atomic E-state index is 0.141. The molecule has 1 heterocycles. The molecule has 0 saturated carbocycles. The molecule has 1 fully saturated rings. The third kappa shape index (κ3) is 3.23. The lowest BCUT2D eigenvalue weighted by molar-refractivity contribution is -0.385. The van der Waals surface area contributed by atoms with Crippen molar-refractivity contribution in [1.29, 1.82) is 0 Å². The Kier molecular flexibility index (Phi) is 4.39. The van der Waals surface area contributed by atoms with Crippen molar-refractivity contribution in [3.63, 3.8) is 0 Å². The topological polar surface area (TPSA) is 58.4 Å². The maximum absolute atomic E-state index is 11.1. The lowest BCUT2D eigenvalue weighted by atomic mass is 10.1. The number of halogens is 1. The number of rotatable bonds is 3. The monoisotopic (exact) mass is 283 g/mol. The molecule has 5 nitrogen and oxygen atoms in total. The zero-order chi connectivity index (χ0) is 14.0. The second-order valence-electron chi connectivity index (χ2n) is 5.06. The van der Waals surface area contributed by atoms with Gasteiger partial charge in [0.25, 0.3) is 5.69 Å². The lowest BCUT2D eigenvalue weighted by Gasteiger charge is -2.39. The molecular formula is C13H18ClN3O2. The normalized spacial score (nSPS) is 24.4. The molecule has 0 aromatic heterocycles. The Morgan fingerprint density at radius 2 is 2.05 bits per heavy atom. The van der Waals surface area contributed by atoms with E-state index in [0.29, 0.717) is 29.2 Å². The fraction of sp³-hybridized carbons (Fsp3) is 0.538. The highest BCUT2D eigenvalue weighted by Gasteiger charge is 2.26. The average Bonchev–Trinajstić information content (AvgIpc) is 2.33. The van der Waals surface area contributed by atoms with Crippen LogP contribution in [0.5, 0.6) is 0 Å². The van der Waals surface area contributed by atoms with Crippen molar-refractivity contribution in [1.82, 2.24) is 10.2 Å². The molecule has 0 spiro atoms. The number of hydrogen-bond acceptors (Lipinski definition) is 4. The maximum Gasteiger partial charge on any atom is 0.273 e. The first-order valence-corrected chi connectivity index (χ1v) is 6.76. The Labute approximate surface area is 117 Å². The first-order chi connectivity index (χ1) is 8.99. The molecule has 0 radical (unpaired) electrons. The van der Waals surface area contributed by atoms with E-state index in [2.05, 4.69) is 24.1 Å². The van der Waals surface area contributed by atoms with Crippen LogP contribution in [-0.4, -0.2) is 35.0 Å². The van der Waals surface area contributed by atoms with Gasteiger partial charge in [-0.15, -0.1) is 0 Å². The minimum atomic E-state index is -0.344. The van der Waals surface area contributed by atoms with Crippen molar-refractivity contribution in [2.24, 2.45) is 0 Å². The molecular weight excluding hydrogens is 266 g/mol. The van der Waals surface area contributed by atoms with Crippen molar-refractivity contribution in [2.75, 3.05) is 13.1 Å². The largest absolute Gasteiger partial charge is 0.314 e. The molecule has 1 saturated heterocycles. The van der Waals surface area contributed by atoms with Gasteiger partial charge in [-0.05, 0) is 26.0 Å². The summed E-state index contributed by atoms with van der Waals surface area (Å²) in [5, 5.41) is 15.0. The zero-order valence-corrected chi connectivity index (χ0v) is 11.9. The smallest absolute Gasteiger partial charge is 0.273 e. The van der Waals surface area contributed by atoms with Crippen LogP contribution >= 0.6 is 11.6 Å². The first kappa shape index (κ1) is 14.2. The van der Waals surface area contributed by atoms with Gasteiger partial charge < -0.3 is 5.32 Å². The van der Waals surface area contributed by atoms with E-state index in [-0.39, 0.29) is 10.6 Å². The van der Waals surface area contributed by atoms with E-state index >= 15 is 0 Å². The maximum atomic E-state index is 11.1. The molecule has 0 aliphatic carbocycles. The summed E-state index contributed by atoms with van der Waals surface area (Å²) in [4.78, 5) is 13.0. The van der Waals surface area contributed by atoms with Crippen LogP contribution in [0, 0.1) is 10.1 Å². The van der Waals surface area contributed by atoms with Crippen LogP contribution in [-0.2, 0) is 6.54 Å². The average molecular weight is 284 g/mol. The molecule has 1 aliphatic rings. The number of nitro groups is 1. The third-order valence-corrected chi connectivity index (χ3v) is 3.84. The van der Waals surface area contributed by atoms with Gasteiger partial charge in [0.05, 0.1) is 4.92 Å². The molecule has 1 aliphatic heterocycles. The highest BCUT2D eigenvalue weighted by atomic mass is 35.5. The number of nitro benzene ring substituents is 1. The Balaban J connectivity index is 2.26. The Morgan fingerprint density at radius 1 is 1.42 bits per heavy atom. The van der Waals surface area contributed by atoms with Crippen molar-refractivity contribution in [3.05, 3.63) is 38.9 Å². The number of nitrogens with one attached hydrogen (secondary N) is 1. The summed E-state index contributed by atoms with van der Waals surface area (Å²) in [6.45, 7) is 6.61. The van der Waals surface area contributed by atoms with Gasteiger partial charge in [0, 0.05) is 48.4 Å². The van der Waals surface area contributed by atoms with Gasteiger partial charge >= 0.3 is 0 Å². The summed E-state index contributed by atoms with van der Waals surface area (Å²) in [6, 6.07) is 5.44. The molecule has 104 valence electrons. The predicted molar refractivity (Wildman–Crippen MR) is 75.4 cm³/mol. The van der Waals surface area contributed by atoms with Crippen LogP contribution in [0.3, 0.4) is 0 Å². The van der Waals surface area contributed by atoms with Gasteiger partial charge in [-0.1, -0.05) is 11.6 Å². The van der Waals surface area contributed by atoms with E-state index in [1.807, 2.05) is 0 Å². The van der Waals surface area contributed by atoms with Crippen molar-refractivity contribution >= 4 is 17.3 Å². The summed E-state index contributed by atoms with van der Waals surface area (Å²) in [6.07, 6.45) is 0. The summed E-state index contributed by atoms with van der Waals surface area (Å²) < 4.78 is 0. The molecule has 2 rings (SSSR count). The summed E-state index contributed by atoms with van der Waals surface area (Å²) in [5.74, 6) is 0. The molecule has 2 atom stereocenters. The molecule has 6 heteroatoms. The molecule has 2 unspecified atom stereocenters. The van der Waals surface area contributed by atoms with Gasteiger partial charge in [0.2, 0.25) is 0 Å². The highest BCUT2D eigenvalue weighted by Crippen LogP contribution is 2.26. The fourth-order valence-electron chi connectivity index (χ4n) is 2.54. The van der Waals surface area contributed by atoms with E-state index in [4.69, 9.17) is 11.6 Å². The van der Waals surface area contributed by atoms with Crippen LogP contribution < -0.4 is 5.32 Å². The highest BCUT2D eigenvalue weighted by molar-refractivity contribution is 6.30. The zero-order valence-electron chi connectivity index (χ0n) is 11.1. The van der Waals surface area contributed by atoms with E-state index in [1.54, 1.807) is 12.1 Å². The SMILES string of the molecule is CC1CNCC(C)N1Cc1cc(Cl)ccc1[N+](=O)[O-].